The van der Waals surface area contributed by atoms with Crippen molar-refractivity contribution in [1.82, 2.24) is 5.43 Å². The summed E-state index contributed by atoms with van der Waals surface area (Å²) in [6.45, 7) is 0.749. The smallest absolute Gasteiger partial charge is 0.108 e. The molecule has 0 saturated heterocycles. The van der Waals surface area contributed by atoms with Gasteiger partial charge in [0.25, 0.3) is 0 Å². The number of nitrogens with zero attached hydrogens (tertiary/aromatic N) is 1. The number of anilines is 1. The van der Waals surface area contributed by atoms with Crippen LogP contribution >= 0.6 is 0 Å². The molecular weight excluding hydrogens is 142 g/mol. The van der Waals surface area contributed by atoms with Gasteiger partial charge in [-0.05, 0) is 28.9 Å². The van der Waals surface area contributed by atoms with E-state index in [9.17, 15) is 4.91 Å². The van der Waals surface area contributed by atoms with Gasteiger partial charge in [-0.25, -0.2) is 5.43 Å². The van der Waals surface area contributed by atoms with Gasteiger partial charge >= 0.3 is 0 Å². The van der Waals surface area contributed by atoms with Crippen molar-refractivity contribution in [3.8, 4) is 0 Å². The molecule has 4 heteroatoms. The maximum atomic E-state index is 10.1. The number of hydrazine groups is 1. The summed E-state index contributed by atoms with van der Waals surface area (Å²) in [5.41, 5.74) is 8.49. The van der Waals surface area contributed by atoms with E-state index >= 15 is 0 Å². The van der Waals surface area contributed by atoms with Crippen molar-refractivity contribution in [2.75, 3.05) is 5.43 Å². The Labute approximate surface area is 63.6 Å². The van der Waals surface area contributed by atoms with E-state index in [1.54, 1.807) is 12.1 Å². The van der Waals surface area contributed by atoms with Gasteiger partial charge in [-0.3, -0.25) is 0 Å². The van der Waals surface area contributed by atoms with Crippen molar-refractivity contribution in [3.63, 3.8) is 0 Å². The van der Waals surface area contributed by atoms with Gasteiger partial charge in [0.2, 0.25) is 0 Å². The van der Waals surface area contributed by atoms with Gasteiger partial charge in [-0.1, -0.05) is 0 Å². The van der Waals surface area contributed by atoms with E-state index in [4.69, 9.17) is 0 Å². The molecule has 0 radical (unpaired) electrons. The van der Waals surface area contributed by atoms with E-state index in [0.717, 1.165) is 17.8 Å². The van der Waals surface area contributed by atoms with E-state index in [1.807, 2.05) is 6.07 Å². The van der Waals surface area contributed by atoms with Crippen LogP contribution in [-0.2, 0) is 6.54 Å². The summed E-state index contributed by atoms with van der Waals surface area (Å²) in [7, 11) is 0. The third kappa shape index (κ3) is 0.969. The van der Waals surface area contributed by atoms with Crippen LogP contribution in [0.1, 0.15) is 5.56 Å². The van der Waals surface area contributed by atoms with Crippen molar-refractivity contribution in [2.24, 2.45) is 5.18 Å². The third-order valence-electron chi connectivity index (χ3n) is 1.70. The Bertz CT molecular complexity index is 298. The number of benzene rings is 1. The fourth-order valence-corrected chi connectivity index (χ4v) is 1.14. The van der Waals surface area contributed by atoms with Gasteiger partial charge in [0, 0.05) is 6.54 Å². The first-order chi connectivity index (χ1) is 5.40. The molecule has 2 rings (SSSR count). The fourth-order valence-electron chi connectivity index (χ4n) is 1.14. The van der Waals surface area contributed by atoms with Crippen LogP contribution in [0.15, 0.2) is 23.4 Å². The standard InChI is InChI=1S/C7H7N3O/c11-10-6-1-2-7-5(3-6)4-8-9-7/h1-3,8-9H,4H2. The quantitative estimate of drug-likeness (QED) is 0.595. The monoisotopic (exact) mass is 149 g/mol. The Morgan fingerprint density at radius 2 is 2.36 bits per heavy atom. The second-order valence-electron chi connectivity index (χ2n) is 2.41. The van der Waals surface area contributed by atoms with Crippen LogP contribution in [0.25, 0.3) is 0 Å². The average molecular weight is 149 g/mol. The summed E-state index contributed by atoms with van der Waals surface area (Å²) in [5.74, 6) is 0. The van der Waals surface area contributed by atoms with E-state index in [2.05, 4.69) is 16.0 Å². The molecule has 0 spiro atoms. The molecule has 0 aliphatic carbocycles. The predicted molar refractivity (Wildman–Crippen MR) is 42.4 cm³/mol. The number of nitrogens with one attached hydrogen (secondary N) is 2. The Morgan fingerprint density at radius 3 is 3.18 bits per heavy atom. The summed E-state index contributed by atoms with van der Waals surface area (Å²) in [4.78, 5) is 10.1. The summed E-state index contributed by atoms with van der Waals surface area (Å²) in [6, 6.07) is 5.30. The van der Waals surface area contributed by atoms with Crippen molar-refractivity contribution >= 4 is 11.4 Å². The first-order valence-electron chi connectivity index (χ1n) is 3.35. The molecule has 0 aromatic heterocycles. The summed E-state index contributed by atoms with van der Waals surface area (Å²) in [6.07, 6.45) is 0. The lowest BCUT2D eigenvalue weighted by molar-refractivity contribution is 0.860. The maximum absolute atomic E-state index is 10.1. The molecule has 0 saturated carbocycles. The number of hydrogen-bond acceptors (Lipinski definition) is 4. The van der Waals surface area contributed by atoms with E-state index in [0.29, 0.717) is 5.69 Å². The van der Waals surface area contributed by atoms with E-state index in [1.165, 1.54) is 0 Å². The van der Waals surface area contributed by atoms with E-state index < -0.39 is 0 Å². The zero-order chi connectivity index (χ0) is 7.68. The summed E-state index contributed by atoms with van der Waals surface area (Å²) < 4.78 is 0. The van der Waals surface area contributed by atoms with Crippen LogP contribution in [0, 0.1) is 4.91 Å². The van der Waals surface area contributed by atoms with Crippen LogP contribution in [0.5, 0.6) is 0 Å². The lowest BCUT2D eigenvalue weighted by atomic mass is 10.2. The largest absolute Gasteiger partial charge is 0.321 e. The van der Waals surface area contributed by atoms with Gasteiger partial charge in [0.15, 0.2) is 0 Å². The van der Waals surface area contributed by atoms with Crippen molar-refractivity contribution in [2.45, 2.75) is 6.54 Å². The van der Waals surface area contributed by atoms with Crippen LogP contribution in [0.4, 0.5) is 11.4 Å². The van der Waals surface area contributed by atoms with Gasteiger partial charge < -0.3 is 5.43 Å². The second-order valence-corrected chi connectivity index (χ2v) is 2.41. The highest BCUT2D eigenvalue weighted by atomic mass is 16.3. The Balaban J connectivity index is 2.48. The third-order valence-corrected chi connectivity index (χ3v) is 1.70. The lowest BCUT2D eigenvalue weighted by Crippen LogP contribution is -2.10. The van der Waals surface area contributed by atoms with Gasteiger partial charge in [0.1, 0.15) is 5.69 Å². The van der Waals surface area contributed by atoms with Crippen molar-refractivity contribution in [3.05, 3.63) is 28.7 Å². The Hall–Kier alpha value is -1.42. The van der Waals surface area contributed by atoms with E-state index in [-0.39, 0.29) is 0 Å². The van der Waals surface area contributed by atoms with Crippen LogP contribution < -0.4 is 10.9 Å². The molecular formula is C7H7N3O. The minimum absolute atomic E-state index is 0.481. The highest BCUT2D eigenvalue weighted by Crippen LogP contribution is 2.24. The number of rotatable bonds is 1. The van der Waals surface area contributed by atoms with Crippen LogP contribution in [0.3, 0.4) is 0 Å². The van der Waals surface area contributed by atoms with Crippen molar-refractivity contribution < 1.29 is 0 Å². The molecule has 1 aliphatic heterocycles. The zero-order valence-electron chi connectivity index (χ0n) is 5.79. The van der Waals surface area contributed by atoms with Gasteiger partial charge in [-0.15, -0.1) is 4.91 Å². The molecule has 1 aromatic carbocycles. The number of nitroso groups, excluding NO2 is 1. The topological polar surface area (TPSA) is 53.5 Å². The molecule has 0 atom stereocenters. The van der Waals surface area contributed by atoms with Crippen LogP contribution in [0.2, 0.25) is 0 Å². The number of hydrogen-bond donors (Lipinski definition) is 2. The fraction of sp³-hybridized carbons (Fsp3) is 0.143. The first kappa shape index (κ1) is 6.30. The molecule has 1 aromatic rings. The minimum Gasteiger partial charge on any atom is -0.321 e. The normalized spacial score (nSPS) is 13.8. The molecule has 2 N–H and O–H groups in total. The Kier molecular flexibility index (Phi) is 1.33. The molecule has 0 fully saturated rings. The maximum Gasteiger partial charge on any atom is 0.108 e. The first-order valence-corrected chi connectivity index (χ1v) is 3.35. The molecule has 1 heterocycles. The lowest BCUT2D eigenvalue weighted by Gasteiger charge is -1.95. The molecule has 4 nitrogen and oxygen atoms in total. The van der Waals surface area contributed by atoms with Crippen LogP contribution in [-0.4, -0.2) is 0 Å². The molecule has 0 amide bonds. The highest BCUT2D eigenvalue weighted by molar-refractivity contribution is 5.59. The molecule has 0 bridgehead atoms. The summed E-state index contributed by atoms with van der Waals surface area (Å²) >= 11 is 0. The Morgan fingerprint density at radius 1 is 1.45 bits per heavy atom. The summed E-state index contributed by atoms with van der Waals surface area (Å²) in [5, 5.41) is 2.84. The molecule has 0 unspecified atom stereocenters. The molecule has 56 valence electrons. The second kappa shape index (κ2) is 2.32. The molecule has 1 aliphatic rings. The molecule has 11 heavy (non-hydrogen) atoms. The van der Waals surface area contributed by atoms with Gasteiger partial charge in [0.05, 0.1) is 5.69 Å². The SMILES string of the molecule is O=Nc1ccc2c(c1)CNN2. The highest BCUT2D eigenvalue weighted by Gasteiger charge is 2.08. The van der Waals surface area contributed by atoms with Crippen molar-refractivity contribution in [1.29, 1.82) is 0 Å². The number of fused-ring (bicyclic) bond motifs is 1. The minimum atomic E-state index is 0.481. The average Bonchev–Trinajstić information content (AvgIpc) is 2.50. The van der Waals surface area contributed by atoms with Gasteiger partial charge in [-0.2, -0.15) is 0 Å². The zero-order valence-corrected chi connectivity index (χ0v) is 5.79. The predicted octanol–water partition coefficient (Wildman–Crippen LogP) is 1.51.